The number of nitrogens with zero attached hydrogens (tertiary/aromatic N) is 1. The summed E-state index contributed by atoms with van der Waals surface area (Å²) in [5.41, 5.74) is 0.474. The van der Waals surface area contributed by atoms with Gasteiger partial charge in [0, 0.05) is 37.8 Å². The van der Waals surface area contributed by atoms with Crippen molar-refractivity contribution in [2.24, 2.45) is 0 Å². The lowest BCUT2D eigenvalue weighted by Crippen LogP contribution is -2.56. The molecule has 1 fully saturated rings. The van der Waals surface area contributed by atoms with Gasteiger partial charge in [-0.25, -0.2) is 4.39 Å². The number of carbonyl (C=O) groups is 2. The summed E-state index contributed by atoms with van der Waals surface area (Å²) < 4.78 is 19.1. The van der Waals surface area contributed by atoms with Gasteiger partial charge < -0.3 is 15.4 Å². The highest BCUT2D eigenvalue weighted by atomic mass is 19.1. The van der Waals surface area contributed by atoms with Crippen LogP contribution in [0.5, 0.6) is 5.75 Å². The maximum absolute atomic E-state index is 14.1. The van der Waals surface area contributed by atoms with Gasteiger partial charge >= 0.3 is 0 Å². The van der Waals surface area contributed by atoms with Crippen molar-refractivity contribution in [2.75, 3.05) is 26.7 Å². The van der Waals surface area contributed by atoms with E-state index in [-0.39, 0.29) is 30.6 Å². The zero-order valence-electron chi connectivity index (χ0n) is 13.4. The number of methoxy groups -OCH3 is 1. The zero-order valence-corrected chi connectivity index (χ0v) is 13.4. The highest BCUT2D eigenvalue weighted by molar-refractivity contribution is 5.88. The van der Waals surface area contributed by atoms with Gasteiger partial charge in [0.15, 0.2) is 0 Å². The summed E-state index contributed by atoms with van der Waals surface area (Å²) in [6, 6.07) is 4.06. The van der Waals surface area contributed by atoms with E-state index in [0.29, 0.717) is 30.9 Å². The molecule has 0 unspecified atom stereocenters. The predicted molar refractivity (Wildman–Crippen MR) is 83.5 cm³/mol. The molecule has 1 aliphatic heterocycles. The number of benzene rings is 1. The third kappa shape index (κ3) is 4.41. The van der Waals surface area contributed by atoms with Crippen molar-refractivity contribution in [3.05, 3.63) is 29.6 Å². The first-order valence-corrected chi connectivity index (χ1v) is 7.66. The summed E-state index contributed by atoms with van der Waals surface area (Å²) in [5, 5.41) is 5.44. The largest absolute Gasteiger partial charge is 0.497 e. The van der Waals surface area contributed by atoms with Crippen LogP contribution in [0.3, 0.4) is 0 Å². The second kappa shape index (κ2) is 7.92. The molecule has 7 heteroatoms. The van der Waals surface area contributed by atoms with Crippen LogP contribution in [0.4, 0.5) is 4.39 Å². The normalized spacial score (nSPS) is 18.4. The number of ether oxygens (including phenoxy) is 1. The summed E-state index contributed by atoms with van der Waals surface area (Å²) in [6.45, 7) is 3.67. The van der Waals surface area contributed by atoms with Crippen molar-refractivity contribution in [3.63, 3.8) is 0 Å². The predicted octanol–water partition coefficient (Wildman–Crippen LogP) is 0.661. The highest BCUT2D eigenvalue weighted by Gasteiger charge is 2.31. The number of piperazine rings is 1. The van der Waals surface area contributed by atoms with E-state index in [2.05, 4.69) is 10.6 Å². The molecular formula is C16H22FN3O3. The Balaban J connectivity index is 2.11. The van der Waals surface area contributed by atoms with E-state index >= 15 is 0 Å². The number of halogens is 1. The summed E-state index contributed by atoms with van der Waals surface area (Å²) in [4.78, 5) is 25.7. The first kappa shape index (κ1) is 17.2. The monoisotopic (exact) mass is 323 g/mol. The van der Waals surface area contributed by atoms with Gasteiger partial charge in [0.2, 0.25) is 11.8 Å². The highest BCUT2D eigenvalue weighted by Crippen LogP contribution is 2.20. The Bertz CT molecular complexity index is 580. The second-order valence-corrected chi connectivity index (χ2v) is 5.39. The SMILES string of the molecule is CCNC(=O)C[C@H]1C(=O)NCCN1Cc1ccc(OC)cc1F. The quantitative estimate of drug-likeness (QED) is 0.807. The Hall–Kier alpha value is -2.15. The van der Waals surface area contributed by atoms with Gasteiger partial charge in [-0.3, -0.25) is 14.5 Å². The van der Waals surface area contributed by atoms with Gasteiger partial charge in [0.05, 0.1) is 19.6 Å². The van der Waals surface area contributed by atoms with Crippen molar-refractivity contribution in [1.82, 2.24) is 15.5 Å². The zero-order chi connectivity index (χ0) is 16.8. The summed E-state index contributed by atoms with van der Waals surface area (Å²) in [6.07, 6.45) is 0.0669. The van der Waals surface area contributed by atoms with Crippen molar-refractivity contribution in [3.8, 4) is 5.75 Å². The van der Waals surface area contributed by atoms with Crippen molar-refractivity contribution in [1.29, 1.82) is 0 Å². The molecule has 126 valence electrons. The minimum atomic E-state index is -0.586. The van der Waals surface area contributed by atoms with Crippen LogP contribution in [-0.4, -0.2) is 49.5 Å². The van der Waals surface area contributed by atoms with E-state index in [0.717, 1.165) is 0 Å². The van der Waals surface area contributed by atoms with Crippen LogP contribution in [0.2, 0.25) is 0 Å². The van der Waals surface area contributed by atoms with Crippen LogP contribution in [0, 0.1) is 5.82 Å². The molecule has 2 N–H and O–H groups in total. The third-order valence-electron chi connectivity index (χ3n) is 3.83. The molecule has 0 aromatic heterocycles. The molecule has 1 aliphatic rings. The van der Waals surface area contributed by atoms with Crippen molar-refractivity contribution in [2.45, 2.75) is 25.9 Å². The molecule has 1 heterocycles. The first-order chi connectivity index (χ1) is 11.0. The molecule has 23 heavy (non-hydrogen) atoms. The molecule has 1 aromatic rings. The molecule has 1 aromatic carbocycles. The number of carbonyl (C=O) groups excluding carboxylic acids is 2. The second-order valence-electron chi connectivity index (χ2n) is 5.39. The fraction of sp³-hybridized carbons (Fsp3) is 0.500. The van der Waals surface area contributed by atoms with Crippen LogP contribution < -0.4 is 15.4 Å². The topological polar surface area (TPSA) is 70.7 Å². The average molecular weight is 323 g/mol. The molecule has 0 aliphatic carbocycles. The number of hydrogen-bond donors (Lipinski definition) is 2. The van der Waals surface area contributed by atoms with Gasteiger partial charge in [0.25, 0.3) is 0 Å². The van der Waals surface area contributed by atoms with Gasteiger partial charge in [-0.1, -0.05) is 6.07 Å². The standard InChI is InChI=1S/C16H22FN3O3/c1-3-18-15(21)9-14-16(22)19-6-7-20(14)10-11-4-5-12(23-2)8-13(11)17/h4-5,8,14H,3,6-7,9-10H2,1-2H3,(H,18,21)(H,19,22)/t14-/m0/s1. The third-order valence-corrected chi connectivity index (χ3v) is 3.83. The molecule has 2 rings (SSSR count). The van der Waals surface area contributed by atoms with Crippen LogP contribution in [-0.2, 0) is 16.1 Å². The number of amides is 2. The minimum absolute atomic E-state index is 0.0669. The molecule has 6 nitrogen and oxygen atoms in total. The lowest BCUT2D eigenvalue weighted by atomic mass is 10.1. The Kier molecular flexibility index (Phi) is 5.92. The van der Waals surface area contributed by atoms with Gasteiger partial charge in [-0.05, 0) is 13.0 Å². The molecule has 1 atom stereocenters. The smallest absolute Gasteiger partial charge is 0.237 e. The number of hydrogen-bond acceptors (Lipinski definition) is 4. The molecular weight excluding hydrogens is 301 g/mol. The summed E-state index contributed by atoms with van der Waals surface area (Å²) >= 11 is 0. The average Bonchev–Trinajstić information content (AvgIpc) is 2.52. The Morgan fingerprint density at radius 3 is 2.96 bits per heavy atom. The lowest BCUT2D eigenvalue weighted by molar-refractivity contribution is -0.134. The van der Waals surface area contributed by atoms with Crippen LogP contribution in [0.15, 0.2) is 18.2 Å². The fourth-order valence-corrected chi connectivity index (χ4v) is 2.62. The van der Waals surface area contributed by atoms with E-state index in [9.17, 15) is 14.0 Å². The van der Waals surface area contributed by atoms with E-state index in [1.165, 1.54) is 13.2 Å². The Labute approximate surface area is 135 Å². The summed E-state index contributed by atoms with van der Waals surface area (Å²) in [5.74, 6) is -0.320. The van der Waals surface area contributed by atoms with Crippen LogP contribution in [0.25, 0.3) is 0 Å². The molecule has 0 bridgehead atoms. The molecule has 0 radical (unpaired) electrons. The van der Waals surface area contributed by atoms with Gasteiger partial charge in [0.1, 0.15) is 11.6 Å². The van der Waals surface area contributed by atoms with E-state index in [1.807, 2.05) is 11.8 Å². The van der Waals surface area contributed by atoms with Crippen LogP contribution in [0.1, 0.15) is 18.9 Å². The maximum atomic E-state index is 14.1. The molecule has 1 saturated heterocycles. The van der Waals surface area contributed by atoms with Gasteiger partial charge in [-0.2, -0.15) is 0 Å². The number of rotatable bonds is 6. The number of nitrogens with one attached hydrogen (secondary N) is 2. The van der Waals surface area contributed by atoms with E-state index in [4.69, 9.17) is 4.74 Å². The van der Waals surface area contributed by atoms with Gasteiger partial charge in [-0.15, -0.1) is 0 Å². The molecule has 0 saturated carbocycles. The van der Waals surface area contributed by atoms with E-state index < -0.39 is 6.04 Å². The van der Waals surface area contributed by atoms with Crippen molar-refractivity contribution < 1.29 is 18.7 Å². The molecule has 0 spiro atoms. The fourth-order valence-electron chi connectivity index (χ4n) is 2.62. The summed E-state index contributed by atoms with van der Waals surface area (Å²) in [7, 11) is 1.48. The van der Waals surface area contributed by atoms with Crippen LogP contribution >= 0.6 is 0 Å². The van der Waals surface area contributed by atoms with E-state index in [1.54, 1.807) is 12.1 Å². The van der Waals surface area contributed by atoms with Crippen molar-refractivity contribution >= 4 is 11.8 Å². The minimum Gasteiger partial charge on any atom is -0.497 e. The Morgan fingerprint density at radius 2 is 2.30 bits per heavy atom. The molecule has 2 amide bonds. The lowest BCUT2D eigenvalue weighted by Gasteiger charge is -2.34. The first-order valence-electron chi connectivity index (χ1n) is 7.66. The Morgan fingerprint density at radius 1 is 1.52 bits per heavy atom. The maximum Gasteiger partial charge on any atom is 0.237 e.